The zero-order valence-corrected chi connectivity index (χ0v) is 17.8. The monoisotopic (exact) mass is 418 g/mol. The Morgan fingerprint density at radius 2 is 1.52 bits per heavy atom. The van der Waals surface area contributed by atoms with Crippen LogP contribution in [0.3, 0.4) is 0 Å². The molecule has 29 heavy (non-hydrogen) atoms. The lowest BCUT2D eigenvalue weighted by atomic mass is 10.1. The van der Waals surface area contributed by atoms with E-state index in [1.807, 2.05) is 30.3 Å². The highest BCUT2D eigenvalue weighted by Gasteiger charge is 2.23. The van der Waals surface area contributed by atoms with Crippen LogP contribution in [-0.2, 0) is 25.5 Å². The maximum Gasteiger partial charge on any atom is 0.339 e. The van der Waals surface area contributed by atoms with E-state index in [4.69, 9.17) is 8.92 Å². The third-order valence-electron chi connectivity index (χ3n) is 4.55. The van der Waals surface area contributed by atoms with Gasteiger partial charge in [0.1, 0.15) is 4.90 Å². The molecule has 0 spiro atoms. The lowest BCUT2D eigenvalue weighted by molar-refractivity contribution is 0.0492. The van der Waals surface area contributed by atoms with Crippen molar-refractivity contribution in [2.45, 2.75) is 56.8 Å². The van der Waals surface area contributed by atoms with Crippen LogP contribution in [0.25, 0.3) is 0 Å². The number of hydrogen-bond donors (Lipinski definition) is 0. The molecule has 0 atom stereocenters. The SMILES string of the molecule is CCCCCCCOC(=O)c1ccccc1S(=O)(=O)OCCCc1ccccc1. The zero-order chi connectivity index (χ0) is 21.0. The van der Waals surface area contributed by atoms with Crippen molar-refractivity contribution >= 4 is 16.1 Å². The normalized spacial score (nSPS) is 11.3. The molecule has 158 valence electrons. The first-order chi connectivity index (χ1) is 14.0. The number of hydrogen-bond acceptors (Lipinski definition) is 5. The van der Waals surface area contributed by atoms with Gasteiger partial charge in [0, 0.05) is 0 Å². The molecular formula is C23H30O5S. The number of carbonyl (C=O) groups is 1. The van der Waals surface area contributed by atoms with Crippen LogP contribution in [0.2, 0.25) is 0 Å². The summed E-state index contributed by atoms with van der Waals surface area (Å²) in [5.41, 5.74) is 1.14. The van der Waals surface area contributed by atoms with E-state index in [9.17, 15) is 13.2 Å². The zero-order valence-electron chi connectivity index (χ0n) is 17.0. The third kappa shape index (κ3) is 7.99. The number of unbranched alkanes of at least 4 members (excludes halogenated alkanes) is 4. The number of rotatable bonds is 13. The van der Waals surface area contributed by atoms with Crippen LogP contribution in [0.5, 0.6) is 0 Å². The van der Waals surface area contributed by atoms with Crippen molar-refractivity contribution in [1.82, 2.24) is 0 Å². The minimum atomic E-state index is -4.03. The summed E-state index contributed by atoms with van der Waals surface area (Å²) in [7, 11) is -4.03. The first kappa shape index (κ1) is 23.1. The molecule has 0 aliphatic rings. The molecule has 0 amide bonds. The van der Waals surface area contributed by atoms with Gasteiger partial charge < -0.3 is 4.74 Å². The van der Waals surface area contributed by atoms with Crippen molar-refractivity contribution in [3.05, 3.63) is 65.7 Å². The second-order valence-corrected chi connectivity index (χ2v) is 8.50. The molecule has 0 heterocycles. The van der Waals surface area contributed by atoms with Crippen LogP contribution in [0.15, 0.2) is 59.5 Å². The highest BCUT2D eigenvalue weighted by molar-refractivity contribution is 7.86. The Labute approximate surface area is 174 Å². The van der Waals surface area contributed by atoms with Gasteiger partial charge in [0.2, 0.25) is 0 Å². The van der Waals surface area contributed by atoms with Crippen molar-refractivity contribution in [3.8, 4) is 0 Å². The summed E-state index contributed by atoms with van der Waals surface area (Å²) in [4.78, 5) is 12.2. The first-order valence-electron chi connectivity index (χ1n) is 10.2. The van der Waals surface area contributed by atoms with Crippen molar-refractivity contribution in [2.75, 3.05) is 13.2 Å². The van der Waals surface area contributed by atoms with Gasteiger partial charge in [-0.2, -0.15) is 8.42 Å². The molecule has 2 aromatic carbocycles. The Hall–Kier alpha value is -2.18. The van der Waals surface area contributed by atoms with Gasteiger partial charge in [-0.25, -0.2) is 4.79 Å². The van der Waals surface area contributed by atoms with Crippen LogP contribution >= 0.6 is 0 Å². The molecule has 0 aromatic heterocycles. The predicted molar refractivity (Wildman–Crippen MR) is 113 cm³/mol. The van der Waals surface area contributed by atoms with E-state index >= 15 is 0 Å². The fraction of sp³-hybridized carbons (Fsp3) is 0.435. The van der Waals surface area contributed by atoms with E-state index < -0.39 is 16.1 Å². The van der Waals surface area contributed by atoms with Crippen molar-refractivity contribution in [3.63, 3.8) is 0 Å². The van der Waals surface area contributed by atoms with Gasteiger partial charge >= 0.3 is 5.97 Å². The molecule has 0 saturated carbocycles. The minimum absolute atomic E-state index is 0.0177. The third-order valence-corrected chi connectivity index (χ3v) is 5.92. The quantitative estimate of drug-likeness (QED) is 0.255. The van der Waals surface area contributed by atoms with E-state index in [2.05, 4.69) is 6.92 Å². The average Bonchev–Trinajstić information content (AvgIpc) is 2.74. The molecule has 0 aliphatic heterocycles. The maximum atomic E-state index is 12.6. The summed E-state index contributed by atoms with van der Waals surface area (Å²) in [5, 5.41) is 0. The molecule has 0 unspecified atom stereocenters. The van der Waals surface area contributed by atoms with Crippen molar-refractivity contribution < 1.29 is 22.1 Å². The Balaban J connectivity index is 1.88. The van der Waals surface area contributed by atoms with Crippen LogP contribution < -0.4 is 0 Å². The minimum Gasteiger partial charge on any atom is -0.462 e. The van der Waals surface area contributed by atoms with Crippen LogP contribution in [-0.4, -0.2) is 27.6 Å². The Bertz CT molecular complexity index is 847. The largest absolute Gasteiger partial charge is 0.462 e. The van der Waals surface area contributed by atoms with Crippen molar-refractivity contribution in [1.29, 1.82) is 0 Å². The second kappa shape index (κ2) is 12.4. The van der Waals surface area contributed by atoms with E-state index in [-0.39, 0.29) is 23.7 Å². The molecule has 0 N–H and O–H groups in total. The van der Waals surface area contributed by atoms with Gasteiger partial charge in [-0.05, 0) is 37.0 Å². The Morgan fingerprint density at radius 3 is 2.28 bits per heavy atom. The summed E-state index contributed by atoms with van der Waals surface area (Å²) in [6, 6.07) is 15.8. The first-order valence-corrected chi connectivity index (χ1v) is 11.6. The summed E-state index contributed by atoms with van der Waals surface area (Å²) in [5.74, 6) is -0.632. The molecule has 0 bridgehead atoms. The van der Waals surface area contributed by atoms with Gasteiger partial charge in [0.05, 0.1) is 18.8 Å². The van der Waals surface area contributed by atoms with Gasteiger partial charge in [0.25, 0.3) is 10.1 Å². The molecule has 2 rings (SSSR count). The molecule has 0 aliphatic carbocycles. The standard InChI is InChI=1S/C23H30O5S/c1-2-3-4-5-11-18-27-23(24)21-16-9-10-17-22(21)29(25,26)28-19-12-15-20-13-7-6-8-14-20/h6-10,13-14,16-17H,2-5,11-12,15,18-19H2,1H3. The van der Waals surface area contributed by atoms with Gasteiger partial charge in [-0.15, -0.1) is 0 Å². The highest BCUT2D eigenvalue weighted by atomic mass is 32.2. The summed E-state index contributed by atoms with van der Waals surface area (Å²) in [6.07, 6.45) is 6.47. The Morgan fingerprint density at radius 1 is 0.828 bits per heavy atom. The summed E-state index contributed by atoms with van der Waals surface area (Å²) < 4.78 is 35.6. The molecule has 0 radical (unpaired) electrons. The number of benzene rings is 2. The second-order valence-electron chi connectivity index (χ2n) is 6.91. The van der Waals surface area contributed by atoms with Gasteiger partial charge in [0.15, 0.2) is 0 Å². The van der Waals surface area contributed by atoms with E-state index in [1.165, 1.54) is 12.1 Å². The molecule has 0 saturated heterocycles. The molecule has 5 nitrogen and oxygen atoms in total. The van der Waals surface area contributed by atoms with E-state index in [0.29, 0.717) is 6.42 Å². The molecular weight excluding hydrogens is 388 g/mol. The summed E-state index contributed by atoms with van der Waals surface area (Å²) in [6.45, 7) is 2.48. The number of esters is 1. The summed E-state index contributed by atoms with van der Waals surface area (Å²) >= 11 is 0. The maximum absolute atomic E-state index is 12.6. The van der Waals surface area contributed by atoms with Crippen LogP contribution in [0.1, 0.15) is 61.4 Å². The molecule has 0 fully saturated rings. The van der Waals surface area contributed by atoms with Gasteiger partial charge in [-0.3, -0.25) is 4.18 Å². The van der Waals surface area contributed by atoms with Crippen LogP contribution in [0, 0.1) is 0 Å². The number of carbonyl (C=O) groups excluding carboxylic acids is 1. The lowest BCUT2D eigenvalue weighted by Gasteiger charge is -2.11. The van der Waals surface area contributed by atoms with Crippen LogP contribution in [0.4, 0.5) is 0 Å². The number of ether oxygens (including phenoxy) is 1. The number of aryl methyl sites for hydroxylation is 1. The highest BCUT2D eigenvalue weighted by Crippen LogP contribution is 2.20. The van der Waals surface area contributed by atoms with Gasteiger partial charge in [-0.1, -0.05) is 75.1 Å². The average molecular weight is 419 g/mol. The van der Waals surface area contributed by atoms with E-state index in [1.54, 1.807) is 12.1 Å². The topological polar surface area (TPSA) is 69.7 Å². The Kier molecular flexibility index (Phi) is 9.88. The fourth-order valence-electron chi connectivity index (χ4n) is 2.95. The predicted octanol–water partition coefficient (Wildman–Crippen LogP) is 5.15. The van der Waals surface area contributed by atoms with E-state index in [0.717, 1.165) is 44.1 Å². The smallest absolute Gasteiger partial charge is 0.339 e. The fourth-order valence-corrected chi connectivity index (χ4v) is 4.08. The lowest BCUT2D eigenvalue weighted by Crippen LogP contribution is -2.15. The van der Waals surface area contributed by atoms with Crippen molar-refractivity contribution in [2.24, 2.45) is 0 Å². The molecule has 2 aromatic rings. The molecule has 6 heteroatoms.